The minimum Gasteiger partial charge on any atom is -0.147 e. The van der Waals surface area contributed by atoms with E-state index in [-0.39, 0.29) is 4.75 Å². The van der Waals surface area contributed by atoms with Gasteiger partial charge in [-0.25, -0.2) is 0 Å². The maximum atomic E-state index is 3.46. The minimum atomic E-state index is 0.167. The summed E-state index contributed by atoms with van der Waals surface area (Å²) >= 11 is 4.13. The van der Waals surface area contributed by atoms with Gasteiger partial charge in [0.05, 0.1) is 0 Å². The van der Waals surface area contributed by atoms with E-state index in [2.05, 4.69) is 47.9 Å². The van der Waals surface area contributed by atoms with Crippen LogP contribution in [0.25, 0.3) is 0 Å². The van der Waals surface area contributed by atoms with Gasteiger partial charge in [-0.15, -0.1) is 23.5 Å². The summed E-state index contributed by atoms with van der Waals surface area (Å²) in [4.78, 5) is 0. The summed E-state index contributed by atoms with van der Waals surface area (Å²) in [5, 5.41) is 2.44. The van der Waals surface area contributed by atoms with E-state index in [0.29, 0.717) is 0 Å². The second-order valence-corrected chi connectivity index (χ2v) is 7.15. The number of rotatable bonds is 0. The van der Waals surface area contributed by atoms with Gasteiger partial charge in [-0.1, -0.05) is 42.2 Å². The molecule has 0 radical (unpaired) electrons. The molecule has 2 saturated heterocycles. The number of hydrogen-bond acceptors (Lipinski definition) is 2. The predicted octanol–water partition coefficient (Wildman–Crippen LogP) is 2.95. The van der Waals surface area contributed by atoms with Crippen LogP contribution in [-0.2, 0) is 0 Å². The maximum Gasteiger partial charge on any atom is 0.108 e. The molecule has 1 aromatic rings. The van der Waals surface area contributed by atoms with Crippen LogP contribution in [0.4, 0.5) is 0 Å². The molecule has 4 rings (SSSR count). The van der Waals surface area contributed by atoms with Crippen LogP contribution in [0.15, 0.2) is 42.5 Å². The fraction of sp³-hybridized carbons (Fsp3) is 0.286. The van der Waals surface area contributed by atoms with Crippen molar-refractivity contribution < 1.29 is 0 Å². The Morgan fingerprint density at radius 1 is 1.19 bits per heavy atom. The zero-order chi connectivity index (χ0) is 10.6. The quantitative estimate of drug-likeness (QED) is 0.390. The van der Waals surface area contributed by atoms with E-state index < -0.39 is 0 Å². The topological polar surface area (TPSA) is 0 Å². The van der Waals surface area contributed by atoms with Crippen LogP contribution in [0.3, 0.4) is 0 Å². The Hall–Kier alpha value is -0.780. The summed E-state index contributed by atoms with van der Waals surface area (Å²) in [7, 11) is 0. The van der Waals surface area contributed by atoms with Crippen molar-refractivity contribution in [2.45, 2.75) is 20.5 Å². The van der Waals surface area contributed by atoms with Gasteiger partial charge >= 0.3 is 0 Å². The Bertz CT molecular complexity index is 523. The first-order valence-corrected chi connectivity index (χ1v) is 7.31. The largest absolute Gasteiger partial charge is 0.147 e. The van der Waals surface area contributed by atoms with E-state index in [9.17, 15) is 0 Å². The number of benzene rings is 1. The molecule has 0 bridgehead atoms. The Morgan fingerprint density at radius 3 is 2.94 bits per heavy atom. The number of fused-ring (bicyclic) bond motifs is 3. The lowest BCUT2D eigenvalue weighted by atomic mass is 9.96. The zero-order valence-corrected chi connectivity index (χ0v) is 10.2. The molecule has 2 heterocycles. The molecular weight excluding hydrogens is 232 g/mol. The fourth-order valence-electron chi connectivity index (χ4n) is 2.23. The standard InChI is InChI=1S/C14H10S2/c1-2-4-10(5-3-1)6-8-14-9-7-11-12(15-11)13(14)16-14/h1-5,7,9,11-13H. The smallest absolute Gasteiger partial charge is 0.108 e. The van der Waals surface area contributed by atoms with E-state index >= 15 is 0 Å². The summed E-state index contributed by atoms with van der Waals surface area (Å²) in [6.07, 6.45) is 4.69. The van der Waals surface area contributed by atoms with Crippen molar-refractivity contribution in [2.75, 3.05) is 0 Å². The maximum absolute atomic E-state index is 3.46. The third-order valence-electron chi connectivity index (χ3n) is 3.26. The second-order valence-electron chi connectivity index (χ2n) is 4.37. The zero-order valence-electron chi connectivity index (χ0n) is 8.59. The summed E-state index contributed by atoms with van der Waals surface area (Å²) in [6.45, 7) is 0. The first-order chi connectivity index (χ1) is 7.87. The van der Waals surface area contributed by atoms with Crippen molar-refractivity contribution in [2.24, 2.45) is 0 Å². The highest BCUT2D eigenvalue weighted by molar-refractivity contribution is 8.14. The van der Waals surface area contributed by atoms with Crippen molar-refractivity contribution in [3.63, 3.8) is 0 Å². The van der Waals surface area contributed by atoms with Gasteiger partial charge in [0.25, 0.3) is 0 Å². The Balaban J connectivity index is 1.63. The van der Waals surface area contributed by atoms with Crippen molar-refractivity contribution in [3.05, 3.63) is 48.0 Å². The van der Waals surface area contributed by atoms with E-state index in [1.54, 1.807) is 0 Å². The van der Waals surface area contributed by atoms with Gasteiger partial charge in [-0.3, -0.25) is 0 Å². The molecule has 16 heavy (non-hydrogen) atoms. The van der Waals surface area contributed by atoms with E-state index in [4.69, 9.17) is 0 Å². The minimum absolute atomic E-state index is 0.167. The normalized spacial score (nSPS) is 41.4. The summed E-state index contributed by atoms with van der Waals surface area (Å²) < 4.78 is 0.167. The van der Waals surface area contributed by atoms with E-state index in [0.717, 1.165) is 21.3 Å². The van der Waals surface area contributed by atoms with Gasteiger partial charge in [0.15, 0.2) is 0 Å². The molecule has 0 aromatic heterocycles. The SMILES string of the molecule is C(#CC12C=CC3SC3C1S2)c1ccccc1. The average Bonchev–Trinajstić information content (AvgIpc) is 3.19. The Morgan fingerprint density at radius 2 is 2.06 bits per heavy atom. The molecule has 3 aliphatic rings. The summed E-state index contributed by atoms with van der Waals surface area (Å²) in [5.74, 6) is 6.76. The third-order valence-corrected chi connectivity index (χ3v) is 6.31. The average molecular weight is 242 g/mol. The Labute approximate surface area is 104 Å². The molecule has 0 amide bonds. The van der Waals surface area contributed by atoms with Crippen LogP contribution < -0.4 is 0 Å². The lowest BCUT2D eigenvalue weighted by Gasteiger charge is -2.04. The predicted molar refractivity (Wildman–Crippen MR) is 71.7 cm³/mol. The molecule has 4 unspecified atom stereocenters. The van der Waals surface area contributed by atoms with Gasteiger partial charge in [0.2, 0.25) is 0 Å². The fourth-order valence-corrected chi connectivity index (χ4v) is 5.03. The molecule has 4 atom stereocenters. The van der Waals surface area contributed by atoms with Crippen LogP contribution >= 0.6 is 23.5 Å². The van der Waals surface area contributed by atoms with Crippen LogP contribution in [0.1, 0.15) is 5.56 Å². The molecule has 1 aromatic carbocycles. The van der Waals surface area contributed by atoms with Crippen LogP contribution in [0, 0.1) is 11.8 Å². The van der Waals surface area contributed by atoms with Crippen molar-refractivity contribution in [3.8, 4) is 11.8 Å². The molecule has 78 valence electrons. The van der Waals surface area contributed by atoms with Crippen molar-refractivity contribution >= 4 is 23.5 Å². The highest BCUT2D eigenvalue weighted by atomic mass is 32.2. The van der Waals surface area contributed by atoms with Gasteiger partial charge in [-0.05, 0) is 12.1 Å². The molecular formula is C14H10S2. The molecule has 2 heteroatoms. The monoisotopic (exact) mass is 242 g/mol. The molecule has 0 nitrogen and oxygen atoms in total. The summed E-state index contributed by atoms with van der Waals surface area (Å²) in [6, 6.07) is 10.3. The highest BCUT2D eigenvalue weighted by Gasteiger charge is 2.65. The molecule has 0 spiro atoms. The van der Waals surface area contributed by atoms with Gasteiger partial charge in [0.1, 0.15) is 4.75 Å². The third kappa shape index (κ3) is 1.35. The molecule has 0 saturated carbocycles. The van der Waals surface area contributed by atoms with Crippen LogP contribution in [0.5, 0.6) is 0 Å². The first-order valence-electron chi connectivity index (χ1n) is 5.48. The van der Waals surface area contributed by atoms with Crippen LogP contribution in [-0.4, -0.2) is 20.5 Å². The van der Waals surface area contributed by atoms with Crippen molar-refractivity contribution in [1.29, 1.82) is 0 Å². The van der Waals surface area contributed by atoms with Gasteiger partial charge in [-0.2, -0.15) is 0 Å². The number of hydrogen-bond donors (Lipinski definition) is 0. The molecule has 1 aliphatic carbocycles. The molecule has 0 N–H and O–H groups in total. The first kappa shape index (κ1) is 9.27. The number of thioether (sulfide) groups is 2. The second kappa shape index (κ2) is 3.12. The summed E-state index contributed by atoms with van der Waals surface area (Å²) in [5.41, 5.74) is 1.13. The lowest BCUT2D eigenvalue weighted by Crippen LogP contribution is -2.18. The van der Waals surface area contributed by atoms with Crippen molar-refractivity contribution in [1.82, 2.24) is 0 Å². The van der Waals surface area contributed by atoms with E-state index in [1.807, 2.05) is 30.0 Å². The Kier molecular flexibility index (Phi) is 1.81. The van der Waals surface area contributed by atoms with Gasteiger partial charge < -0.3 is 0 Å². The lowest BCUT2D eigenvalue weighted by molar-refractivity contribution is 0.862. The van der Waals surface area contributed by atoms with Crippen LogP contribution in [0.2, 0.25) is 0 Å². The molecule has 2 fully saturated rings. The van der Waals surface area contributed by atoms with Gasteiger partial charge in [0, 0.05) is 21.3 Å². The van der Waals surface area contributed by atoms with E-state index in [1.165, 1.54) is 0 Å². The highest BCUT2D eigenvalue weighted by Crippen LogP contribution is 2.68. The molecule has 2 aliphatic heterocycles.